The summed E-state index contributed by atoms with van der Waals surface area (Å²) in [6.07, 6.45) is 0. The van der Waals surface area contributed by atoms with Crippen LogP contribution in [0.3, 0.4) is 0 Å². The van der Waals surface area contributed by atoms with Crippen LogP contribution >= 0.6 is 11.6 Å². The minimum absolute atomic E-state index is 0.0568. The molecule has 2 aromatic rings. The second-order valence-electron chi connectivity index (χ2n) is 4.43. The molecule has 0 saturated carbocycles. The Bertz CT molecular complexity index is 852. The zero-order valence-corrected chi connectivity index (χ0v) is 12.9. The van der Waals surface area contributed by atoms with Crippen molar-refractivity contribution in [1.82, 2.24) is 0 Å². The number of nitrogens with two attached hydrogens (primary N) is 1. The van der Waals surface area contributed by atoms with Crippen molar-refractivity contribution >= 4 is 33.1 Å². The molecule has 2 rings (SSSR count). The molecular formula is C13H11ClN2O5S. The van der Waals surface area contributed by atoms with Gasteiger partial charge < -0.3 is 9.92 Å². The van der Waals surface area contributed by atoms with Crippen LogP contribution in [0, 0.1) is 17.0 Å². The molecule has 2 N–H and O–H groups in total. The van der Waals surface area contributed by atoms with Gasteiger partial charge in [-0.2, -0.15) is 8.42 Å². The Hall–Kier alpha value is -2.32. The molecule has 9 heteroatoms. The number of nitrogens with zero attached hydrogens (tertiary/aromatic N) is 1. The molecule has 116 valence electrons. The number of nitro benzene ring substituents is 1. The Balaban J connectivity index is 2.40. The largest absolute Gasteiger partial charge is 0.393 e. The Morgan fingerprint density at radius 2 is 1.91 bits per heavy atom. The van der Waals surface area contributed by atoms with Gasteiger partial charge in [-0.05, 0) is 42.8 Å². The minimum Gasteiger partial charge on any atom is -0.393 e. The Kier molecular flexibility index (Phi) is 4.25. The first-order valence-corrected chi connectivity index (χ1v) is 7.74. The lowest BCUT2D eigenvalue weighted by Crippen LogP contribution is -2.10. The van der Waals surface area contributed by atoms with E-state index in [0.29, 0.717) is 10.6 Å². The lowest BCUT2D eigenvalue weighted by Gasteiger charge is -2.08. The van der Waals surface area contributed by atoms with Gasteiger partial charge in [0, 0.05) is 11.1 Å². The molecule has 2 aromatic carbocycles. The predicted molar refractivity (Wildman–Crippen MR) is 81.5 cm³/mol. The SMILES string of the molecule is Cc1cc(OS(=O)(=O)c2ccc(N)c([N+](=O)[O-])c2)ccc1Cl. The normalized spacial score (nSPS) is 11.2. The van der Waals surface area contributed by atoms with Crippen LogP contribution in [0.15, 0.2) is 41.3 Å². The standard InChI is InChI=1S/C13H11ClN2O5S/c1-8-6-9(2-4-11(8)14)21-22(19,20)10-3-5-12(15)13(7-10)16(17)18/h2-7H,15H2,1H3. The highest BCUT2D eigenvalue weighted by Crippen LogP contribution is 2.28. The Morgan fingerprint density at radius 3 is 2.50 bits per heavy atom. The van der Waals surface area contributed by atoms with Crippen molar-refractivity contribution in [2.75, 3.05) is 5.73 Å². The Labute approximate surface area is 131 Å². The fourth-order valence-corrected chi connectivity index (χ4v) is 2.74. The van der Waals surface area contributed by atoms with Gasteiger partial charge in [0.1, 0.15) is 16.3 Å². The fraction of sp³-hybridized carbons (Fsp3) is 0.0769. The van der Waals surface area contributed by atoms with Crippen molar-refractivity contribution in [2.24, 2.45) is 0 Å². The van der Waals surface area contributed by atoms with Crippen molar-refractivity contribution in [2.45, 2.75) is 11.8 Å². The summed E-state index contributed by atoms with van der Waals surface area (Å²) in [5, 5.41) is 11.3. The van der Waals surface area contributed by atoms with E-state index >= 15 is 0 Å². The highest BCUT2D eigenvalue weighted by molar-refractivity contribution is 7.87. The van der Waals surface area contributed by atoms with Gasteiger partial charge in [0.25, 0.3) is 5.69 Å². The molecule has 0 saturated heterocycles. The number of rotatable bonds is 4. The summed E-state index contributed by atoms with van der Waals surface area (Å²) in [7, 11) is -4.22. The zero-order chi connectivity index (χ0) is 16.5. The summed E-state index contributed by atoms with van der Waals surface area (Å²) in [6.45, 7) is 1.69. The number of nitro groups is 1. The predicted octanol–water partition coefficient (Wildman–Crippen LogP) is 2.91. The molecule has 0 radical (unpaired) electrons. The number of benzene rings is 2. The third-order valence-electron chi connectivity index (χ3n) is 2.82. The van der Waals surface area contributed by atoms with Gasteiger partial charge in [0.2, 0.25) is 0 Å². The highest BCUT2D eigenvalue weighted by Gasteiger charge is 2.22. The van der Waals surface area contributed by atoms with Crippen LogP contribution in [0.1, 0.15) is 5.56 Å². The van der Waals surface area contributed by atoms with Crippen LogP contribution in [0.5, 0.6) is 5.75 Å². The summed E-state index contributed by atoms with van der Waals surface area (Å²) < 4.78 is 29.3. The highest BCUT2D eigenvalue weighted by atomic mass is 35.5. The lowest BCUT2D eigenvalue weighted by molar-refractivity contribution is -0.384. The minimum atomic E-state index is -4.22. The molecule has 0 aliphatic carbocycles. The first-order valence-electron chi connectivity index (χ1n) is 5.95. The van der Waals surface area contributed by atoms with Gasteiger partial charge in [-0.1, -0.05) is 11.6 Å². The summed E-state index contributed by atoms with van der Waals surface area (Å²) in [4.78, 5) is 9.69. The third-order valence-corrected chi connectivity index (χ3v) is 4.49. The van der Waals surface area contributed by atoms with E-state index in [1.54, 1.807) is 6.92 Å². The molecule has 0 fully saturated rings. The van der Waals surface area contributed by atoms with Gasteiger partial charge in [-0.3, -0.25) is 10.1 Å². The average Bonchev–Trinajstić information content (AvgIpc) is 2.42. The van der Waals surface area contributed by atoms with E-state index in [9.17, 15) is 18.5 Å². The monoisotopic (exact) mass is 342 g/mol. The molecule has 0 atom stereocenters. The maximum Gasteiger partial charge on any atom is 0.339 e. The van der Waals surface area contributed by atoms with Crippen molar-refractivity contribution in [1.29, 1.82) is 0 Å². The quantitative estimate of drug-likeness (QED) is 0.395. The number of nitrogen functional groups attached to an aromatic ring is 1. The van der Waals surface area contributed by atoms with E-state index in [1.807, 2.05) is 0 Å². The maximum absolute atomic E-state index is 12.2. The van der Waals surface area contributed by atoms with Crippen molar-refractivity contribution in [3.05, 3.63) is 57.1 Å². The van der Waals surface area contributed by atoms with Crippen molar-refractivity contribution in [3.63, 3.8) is 0 Å². The summed E-state index contributed by atoms with van der Waals surface area (Å²) in [6, 6.07) is 7.47. The van der Waals surface area contributed by atoms with Gasteiger partial charge >= 0.3 is 10.1 Å². The molecule has 22 heavy (non-hydrogen) atoms. The molecule has 7 nitrogen and oxygen atoms in total. The second kappa shape index (κ2) is 5.82. The molecular weight excluding hydrogens is 332 g/mol. The first-order chi connectivity index (χ1) is 10.2. The van der Waals surface area contributed by atoms with Crippen molar-refractivity contribution in [3.8, 4) is 5.75 Å². The van der Waals surface area contributed by atoms with Gasteiger partial charge in [0.15, 0.2) is 0 Å². The van der Waals surface area contributed by atoms with Crippen LogP contribution in [0.2, 0.25) is 5.02 Å². The molecule has 0 spiro atoms. The summed E-state index contributed by atoms with van der Waals surface area (Å²) >= 11 is 5.85. The van der Waals surface area contributed by atoms with E-state index in [2.05, 4.69) is 0 Å². The van der Waals surface area contributed by atoms with E-state index in [1.165, 1.54) is 18.2 Å². The van der Waals surface area contributed by atoms with Crippen LogP contribution < -0.4 is 9.92 Å². The average molecular weight is 343 g/mol. The molecule has 0 heterocycles. The molecule has 0 bridgehead atoms. The van der Waals surface area contributed by atoms with E-state index in [0.717, 1.165) is 18.2 Å². The van der Waals surface area contributed by atoms with Crippen molar-refractivity contribution < 1.29 is 17.5 Å². The zero-order valence-electron chi connectivity index (χ0n) is 11.3. The maximum atomic E-state index is 12.2. The van der Waals surface area contributed by atoms with Crippen LogP contribution in [-0.4, -0.2) is 13.3 Å². The first kappa shape index (κ1) is 16.1. The third kappa shape index (κ3) is 3.29. The van der Waals surface area contributed by atoms with Crippen LogP contribution in [0.25, 0.3) is 0 Å². The molecule has 0 aliphatic heterocycles. The molecule has 0 aromatic heterocycles. The van der Waals surface area contributed by atoms with E-state index in [-0.39, 0.29) is 16.3 Å². The number of halogens is 1. The van der Waals surface area contributed by atoms with Gasteiger partial charge in [0.05, 0.1) is 4.92 Å². The van der Waals surface area contributed by atoms with Crippen LogP contribution in [0.4, 0.5) is 11.4 Å². The lowest BCUT2D eigenvalue weighted by atomic mass is 10.2. The molecule has 0 aliphatic rings. The fourth-order valence-electron chi connectivity index (χ4n) is 1.68. The number of anilines is 1. The number of aryl methyl sites for hydroxylation is 1. The van der Waals surface area contributed by atoms with Gasteiger partial charge in [-0.15, -0.1) is 0 Å². The molecule has 0 amide bonds. The summed E-state index contributed by atoms with van der Waals surface area (Å²) in [5.41, 5.74) is 5.43. The smallest absolute Gasteiger partial charge is 0.339 e. The van der Waals surface area contributed by atoms with Gasteiger partial charge in [-0.25, -0.2) is 0 Å². The Morgan fingerprint density at radius 1 is 1.23 bits per heavy atom. The topological polar surface area (TPSA) is 113 Å². The number of hydrogen-bond donors (Lipinski definition) is 1. The van der Waals surface area contributed by atoms with E-state index in [4.69, 9.17) is 21.5 Å². The van der Waals surface area contributed by atoms with Crippen LogP contribution in [-0.2, 0) is 10.1 Å². The number of hydrogen-bond acceptors (Lipinski definition) is 6. The summed E-state index contributed by atoms with van der Waals surface area (Å²) in [5.74, 6) is 0.0568. The van der Waals surface area contributed by atoms with E-state index < -0.39 is 20.7 Å². The second-order valence-corrected chi connectivity index (χ2v) is 6.38. The molecule has 0 unspecified atom stereocenters.